The summed E-state index contributed by atoms with van der Waals surface area (Å²) in [6, 6.07) is 8.68. The van der Waals surface area contributed by atoms with Gasteiger partial charge in [0.2, 0.25) is 0 Å². The predicted molar refractivity (Wildman–Crippen MR) is 80.2 cm³/mol. The van der Waals surface area contributed by atoms with Gasteiger partial charge in [0.15, 0.2) is 0 Å². The maximum absolute atomic E-state index is 5.74. The van der Waals surface area contributed by atoms with Crippen LogP contribution in [0.25, 0.3) is 10.9 Å². The Morgan fingerprint density at radius 1 is 1.21 bits per heavy atom. The van der Waals surface area contributed by atoms with Gasteiger partial charge < -0.3 is 10.3 Å². The fraction of sp³-hybridized carbons (Fsp3) is 0.500. The summed E-state index contributed by atoms with van der Waals surface area (Å²) >= 11 is 0. The monoisotopic (exact) mass is 257 g/mol. The number of fused-ring (bicyclic) bond motifs is 1. The lowest BCUT2D eigenvalue weighted by atomic mass is 10.1. The van der Waals surface area contributed by atoms with Gasteiger partial charge >= 0.3 is 0 Å². The molecule has 1 aliphatic rings. The molecule has 1 fully saturated rings. The number of hydrogen-bond donors (Lipinski definition) is 1. The molecule has 1 aromatic heterocycles. The van der Waals surface area contributed by atoms with E-state index in [9.17, 15) is 0 Å². The maximum atomic E-state index is 5.74. The Balaban J connectivity index is 2.02. The van der Waals surface area contributed by atoms with E-state index in [1.165, 1.54) is 42.4 Å². The van der Waals surface area contributed by atoms with E-state index in [1.54, 1.807) is 0 Å². The molecule has 0 spiro atoms. The molecule has 1 atom stereocenters. The van der Waals surface area contributed by atoms with Crippen molar-refractivity contribution in [2.45, 2.75) is 32.4 Å². The van der Waals surface area contributed by atoms with Crippen LogP contribution in [0.2, 0.25) is 0 Å². The molecular weight excluding hydrogens is 234 g/mol. The highest BCUT2D eigenvalue weighted by molar-refractivity contribution is 5.84. The van der Waals surface area contributed by atoms with Gasteiger partial charge in [-0.05, 0) is 44.4 Å². The fourth-order valence-corrected chi connectivity index (χ4v) is 3.23. The Morgan fingerprint density at radius 2 is 1.95 bits per heavy atom. The van der Waals surface area contributed by atoms with E-state index in [0.717, 1.165) is 6.42 Å². The first kappa shape index (κ1) is 12.7. The summed E-state index contributed by atoms with van der Waals surface area (Å²) in [5, 5.41) is 1.36. The number of likely N-dealkylation sites (tertiary alicyclic amines) is 1. The summed E-state index contributed by atoms with van der Waals surface area (Å²) in [6.45, 7) is 5.47. The highest BCUT2D eigenvalue weighted by Crippen LogP contribution is 2.28. The molecule has 0 aliphatic carbocycles. The molecular formula is C16H23N3. The highest BCUT2D eigenvalue weighted by atomic mass is 15.3. The molecule has 0 bridgehead atoms. The molecule has 1 aromatic carbocycles. The molecule has 2 N–H and O–H groups in total. The summed E-state index contributed by atoms with van der Waals surface area (Å²) in [5.41, 5.74) is 8.46. The first-order chi connectivity index (χ1) is 9.31. The van der Waals surface area contributed by atoms with E-state index >= 15 is 0 Å². The van der Waals surface area contributed by atoms with Crippen molar-refractivity contribution in [1.82, 2.24) is 9.47 Å². The third-order valence-electron chi connectivity index (χ3n) is 4.31. The largest absolute Gasteiger partial charge is 0.331 e. The second-order valence-electron chi connectivity index (χ2n) is 5.49. The summed E-state index contributed by atoms with van der Waals surface area (Å²) < 4.78 is 2.42. The van der Waals surface area contributed by atoms with Crippen LogP contribution >= 0.6 is 0 Å². The Kier molecular flexibility index (Phi) is 3.58. The van der Waals surface area contributed by atoms with Gasteiger partial charge in [-0.15, -0.1) is 0 Å². The number of nitrogens with two attached hydrogens (primary N) is 1. The first-order valence-corrected chi connectivity index (χ1v) is 7.34. The molecule has 0 amide bonds. The van der Waals surface area contributed by atoms with Crippen molar-refractivity contribution in [2.24, 2.45) is 5.73 Å². The molecule has 1 unspecified atom stereocenters. The van der Waals surface area contributed by atoms with E-state index < -0.39 is 0 Å². The van der Waals surface area contributed by atoms with Crippen LogP contribution in [-0.2, 0) is 6.42 Å². The predicted octanol–water partition coefficient (Wildman–Crippen LogP) is 2.76. The zero-order valence-electron chi connectivity index (χ0n) is 11.7. The second-order valence-corrected chi connectivity index (χ2v) is 5.49. The van der Waals surface area contributed by atoms with E-state index in [0.29, 0.717) is 12.7 Å². The van der Waals surface area contributed by atoms with Crippen molar-refractivity contribution in [1.29, 1.82) is 0 Å². The SMILES string of the molecule is CC(N1CCCC1)n1cc(CCN)c2ccccc21. The van der Waals surface area contributed by atoms with Gasteiger partial charge in [0.05, 0.1) is 6.17 Å². The molecule has 0 saturated carbocycles. The molecule has 1 aliphatic heterocycles. The van der Waals surface area contributed by atoms with Crippen molar-refractivity contribution in [2.75, 3.05) is 19.6 Å². The van der Waals surface area contributed by atoms with Gasteiger partial charge in [-0.2, -0.15) is 0 Å². The van der Waals surface area contributed by atoms with Crippen molar-refractivity contribution in [3.05, 3.63) is 36.0 Å². The zero-order chi connectivity index (χ0) is 13.2. The van der Waals surface area contributed by atoms with Crippen molar-refractivity contribution in [3.8, 4) is 0 Å². The quantitative estimate of drug-likeness (QED) is 0.914. The average molecular weight is 257 g/mol. The molecule has 2 heterocycles. The minimum atomic E-state index is 0.443. The van der Waals surface area contributed by atoms with Gasteiger partial charge in [0, 0.05) is 30.2 Å². The highest BCUT2D eigenvalue weighted by Gasteiger charge is 2.21. The van der Waals surface area contributed by atoms with Crippen LogP contribution in [0.1, 0.15) is 31.5 Å². The van der Waals surface area contributed by atoms with Crippen LogP contribution < -0.4 is 5.73 Å². The van der Waals surface area contributed by atoms with E-state index in [-0.39, 0.29) is 0 Å². The standard InChI is InChI=1S/C16H23N3/c1-13(18-10-4-5-11-18)19-12-14(8-9-17)15-6-2-3-7-16(15)19/h2-3,6-7,12-13H,4-5,8-11,17H2,1H3. The topological polar surface area (TPSA) is 34.2 Å². The fourth-order valence-electron chi connectivity index (χ4n) is 3.23. The number of para-hydroxylation sites is 1. The molecule has 3 heteroatoms. The van der Waals surface area contributed by atoms with E-state index in [2.05, 4.69) is 46.9 Å². The lowest BCUT2D eigenvalue weighted by molar-refractivity contribution is 0.199. The molecule has 2 aromatic rings. The normalized spacial score (nSPS) is 18.2. The van der Waals surface area contributed by atoms with Crippen LogP contribution in [0.4, 0.5) is 0 Å². The number of aromatic nitrogens is 1. The Labute approximate surface area is 115 Å². The van der Waals surface area contributed by atoms with Crippen LogP contribution in [0, 0.1) is 0 Å². The third-order valence-corrected chi connectivity index (χ3v) is 4.31. The summed E-state index contributed by atoms with van der Waals surface area (Å²) in [5.74, 6) is 0. The lowest BCUT2D eigenvalue weighted by Crippen LogP contribution is -2.27. The second kappa shape index (κ2) is 5.35. The van der Waals surface area contributed by atoms with Gasteiger partial charge in [-0.3, -0.25) is 4.90 Å². The van der Waals surface area contributed by atoms with Crippen LogP contribution in [-0.4, -0.2) is 29.1 Å². The van der Waals surface area contributed by atoms with Gasteiger partial charge in [-0.25, -0.2) is 0 Å². The van der Waals surface area contributed by atoms with Crippen molar-refractivity contribution in [3.63, 3.8) is 0 Å². The Morgan fingerprint density at radius 3 is 2.68 bits per heavy atom. The van der Waals surface area contributed by atoms with E-state index in [4.69, 9.17) is 5.73 Å². The zero-order valence-corrected chi connectivity index (χ0v) is 11.7. The molecule has 0 radical (unpaired) electrons. The first-order valence-electron chi connectivity index (χ1n) is 7.34. The summed E-state index contributed by atoms with van der Waals surface area (Å²) in [6.07, 6.45) is 6.37. The minimum absolute atomic E-state index is 0.443. The smallest absolute Gasteiger partial charge is 0.0836 e. The number of nitrogens with zero attached hydrogens (tertiary/aromatic N) is 2. The molecule has 3 rings (SSSR count). The minimum Gasteiger partial charge on any atom is -0.331 e. The molecule has 19 heavy (non-hydrogen) atoms. The van der Waals surface area contributed by atoms with E-state index in [1.807, 2.05) is 0 Å². The molecule has 3 nitrogen and oxygen atoms in total. The summed E-state index contributed by atoms with van der Waals surface area (Å²) in [4.78, 5) is 2.57. The van der Waals surface area contributed by atoms with Gasteiger partial charge in [0.1, 0.15) is 0 Å². The van der Waals surface area contributed by atoms with Crippen molar-refractivity contribution >= 4 is 10.9 Å². The number of benzene rings is 1. The van der Waals surface area contributed by atoms with Crippen LogP contribution in [0.3, 0.4) is 0 Å². The van der Waals surface area contributed by atoms with Crippen LogP contribution in [0.5, 0.6) is 0 Å². The maximum Gasteiger partial charge on any atom is 0.0836 e. The third kappa shape index (κ3) is 2.28. The van der Waals surface area contributed by atoms with Gasteiger partial charge in [-0.1, -0.05) is 18.2 Å². The van der Waals surface area contributed by atoms with Crippen LogP contribution in [0.15, 0.2) is 30.5 Å². The Hall–Kier alpha value is -1.32. The summed E-state index contributed by atoms with van der Waals surface area (Å²) in [7, 11) is 0. The Bertz CT molecular complexity index is 552. The molecule has 102 valence electrons. The van der Waals surface area contributed by atoms with Gasteiger partial charge in [0.25, 0.3) is 0 Å². The number of rotatable bonds is 4. The number of hydrogen-bond acceptors (Lipinski definition) is 2. The average Bonchev–Trinajstić information content (AvgIpc) is 3.07. The van der Waals surface area contributed by atoms with Crippen molar-refractivity contribution < 1.29 is 0 Å². The molecule has 1 saturated heterocycles. The lowest BCUT2D eigenvalue weighted by Gasteiger charge is -2.26.